The number of pyridine rings is 2. The van der Waals surface area contributed by atoms with Crippen molar-refractivity contribution in [1.29, 1.82) is 0 Å². The molecule has 1 amide bonds. The molecule has 35 heavy (non-hydrogen) atoms. The van der Waals surface area contributed by atoms with E-state index in [1.807, 2.05) is 0 Å². The number of aryl methyl sites for hydroxylation is 5. The van der Waals surface area contributed by atoms with E-state index in [-0.39, 0.29) is 24.7 Å². The van der Waals surface area contributed by atoms with Crippen molar-refractivity contribution in [2.45, 2.75) is 83.8 Å². The number of aromatic amines is 1. The third-order valence-corrected chi connectivity index (χ3v) is 7.26. The summed E-state index contributed by atoms with van der Waals surface area (Å²) in [6.45, 7) is 3.55. The fourth-order valence-corrected chi connectivity index (χ4v) is 5.20. The highest BCUT2D eigenvalue weighted by Crippen LogP contribution is 2.34. The van der Waals surface area contributed by atoms with E-state index in [0.29, 0.717) is 22.7 Å². The minimum Gasteiger partial charge on any atom is -0.480 e. The molecule has 1 unspecified atom stereocenters. The van der Waals surface area contributed by atoms with Gasteiger partial charge in [-0.05, 0) is 88.3 Å². The van der Waals surface area contributed by atoms with E-state index >= 15 is 0 Å². The van der Waals surface area contributed by atoms with Gasteiger partial charge < -0.3 is 20.1 Å². The molecule has 1 fully saturated rings. The van der Waals surface area contributed by atoms with Crippen LogP contribution in [0, 0.1) is 19.8 Å². The lowest BCUT2D eigenvalue weighted by atomic mass is 9.79. The van der Waals surface area contributed by atoms with E-state index in [9.17, 15) is 19.5 Å². The number of carbonyl (C=O) groups excluding carboxylic acids is 1. The first-order valence-corrected chi connectivity index (χ1v) is 12.6. The molecule has 8 heteroatoms. The lowest BCUT2D eigenvalue weighted by Gasteiger charge is -2.35. The summed E-state index contributed by atoms with van der Waals surface area (Å²) in [6.07, 6.45) is 9.13. The van der Waals surface area contributed by atoms with E-state index in [1.165, 1.54) is 35.9 Å². The van der Waals surface area contributed by atoms with Gasteiger partial charge in [0.2, 0.25) is 5.56 Å². The first-order valence-electron chi connectivity index (χ1n) is 12.6. The Bertz CT molecular complexity index is 1110. The number of aliphatic carboxylic acids is 1. The number of amides is 1. The van der Waals surface area contributed by atoms with Crippen LogP contribution in [0.2, 0.25) is 0 Å². The van der Waals surface area contributed by atoms with Crippen molar-refractivity contribution < 1.29 is 19.4 Å². The Labute approximate surface area is 205 Å². The molecule has 0 aromatic carbocycles. The number of rotatable bonds is 10. The van der Waals surface area contributed by atoms with Crippen LogP contribution in [0.15, 0.2) is 23.0 Å². The molecule has 2 aromatic rings. The molecule has 2 heterocycles. The molecule has 1 saturated carbocycles. The predicted octanol–water partition coefficient (Wildman–Crippen LogP) is 3.27. The van der Waals surface area contributed by atoms with E-state index in [4.69, 9.17) is 9.72 Å². The Hall–Kier alpha value is -3.00. The van der Waals surface area contributed by atoms with Crippen LogP contribution in [0.1, 0.15) is 77.1 Å². The maximum atomic E-state index is 12.6. The van der Waals surface area contributed by atoms with Gasteiger partial charge in [0.15, 0.2) is 0 Å². The Morgan fingerprint density at radius 1 is 1.23 bits per heavy atom. The second-order valence-corrected chi connectivity index (χ2v) is 9.95. The van der Waals surface area contributed by atoms with Gasteiger partial charge in [-0.2, -0.15) is 0 Å². The second kappa shape index (κ2) is 11.2. The van der Waals surface area contributed by atoms with E-state index in [2.05, 4.69) is 22.4 Å². The minimum absolute atomic E-state index is 0.144. The molecule has 0 spiro atoms. The first kappa shape index (κ1) is 25.1. The van der Waals surface area contributed by atoms with Crippen molar-refractivity contribution >= 4 is 11.9 Å². The average molecular weight is 482 g/mol. The molecule has 2 aliphatic carbocycles. The smallest absolute Gasteiger partial charge is 0.326 e. The summed E-state index contributed by atoms with van der Waals surface area (Å²) in [6, 6.07) is 4.70. The van der Waals surface area contributed by atoms with Crippen LogP contribution >= 0.6 is 0 Å². The number of hydrogen-bond acceptors (Lipinski definition) is 5. The normalized spacial score (nSPS) is 19.9. The molecular weight excluding hydrogens is 446 g/mol. The molecule has 0 saturated heterocycles. The average Bonchev–Trinajstić information content (AvgIpc) is 2.78. The lowest BCUT2D eigenvalue weighted by Crippen LogP contribution is -2.43. The molecule has 0 bridgehead atoms. The monoisotopic (exact) mass is 481 g/mol. The van der Waals surface area contributed by atoms with Crippen LogP contribution < -0.4 is 10.9 Å². The van der Waals surface area contributed by atoms with E-state index in [0.717, 1.165) is 38.5 Å². The van der Waals surface area contributed by atoms with Crippen molar-refractivity contribution in [3.63, 3.8) is 0 Å². The van der Waals surface area contributed by atoms with Gasteiger partial charge in [0.05, 0.1) is 11.7 Å². The zero-order valence-electron chi connectivity index (χ0n) is 20.6. The van der Waals surface area contributed by atoms with Crippen molar-refractivity contribution in [2.24, 2.45) is 5.92 Å². The van der Waals surface area contributed by atoms with Crippen molar-refractivity contribution in [2.75, 3.05) is 6.61 Å². The number of carboxylic acids is 1. The molecule has 188 valence electrons. The van der Waals surface area contributed by atoms with Gasteiger partial charge in [-0.1, -0.05) is 6.07 Å². The highest BCUT2D eigenvalue weighted by molar-refractivity contribution is 5.98. The number of hydrogen-bond donors (Lipinski definition) is 3. The van der Waals surface area contributed by atoms with E-state index < -0.39 is 17.9 Å². The van der Waals surface area contributed by atoms with Crippen LogP contribution in [0.4, 0.5) is 0 Å². The topological polar surface area (TPSA) is 121 Å². The standard InChI is InChI=1S/C27H35N3O5/c1-16-13-24(31)28-17(2)25(16)26(32)30-23(27(33)34)11-12-35-21-14-18(15-21)7-9-20-10-8-19-5-3-4-6-22(19)29-20/h8,10,13,18,21,23H,3-7,9,11-12,14-15H2,1-2H3,(H,28,31)(H,30,32)(H,33,34). The summed E-state index contributed by atoms with van der Waals surface area (Å²) in [7, 11) is 0. The number of ether oxygens (including phenoxy) is 1. The van der Waals surface area contributed by atoms with Gasteiger partial charge in [-0.25, -0.2) is 4.79 Å². The molecular formula is C27H35N3O5. The zero-order chi connectivity index (χ0) is 24.9. The molecule has 3 N–H and O–H groups in total. The third kappa shape index (κ3) is 6.36. The summed E-state index contributed by atoms with van der Waals surface area (Å²) in [5.74, 6) is -1.01. The van der Waals surface area contributed by atoms with E-state index in [1.54, 1.807) is 13.8 Å². The largest absolute Gasteiger partial charge is 0.480 e. The van der Waals surface area contributed by atoms with Gasteiger partial charge >= 0.3 is 5.97 Å². The van der Waals surface area contributed by atoms with Crippen LogP contribution in [-0.4, -0.2) is 45.7 Å². The maximum Gasteiger partial charge on any atom is 0.326 e. The fourth-order valence-electron chi connectivity index (χ4n) is 5.20. The van der Waals surface area contributed by atoms with Crippen LogP contribution in [0.25, 0.3) is 0 Å². The van der Waals surface area contributed by atoms with Gasteiger partial charge in [0.25, 0.3) is 5.91 Å². The quantitative estimate of drug-likeness (QED) is 0.479. The molecule has 2 aromatic heterocycles. The third-order valence-electron chi connectivity index (χ3n) is 7.26. The first-order chi connectivity index (χ1) is 16.8. The Kier molecular flexibility index (Phi) is 8.00. The van der Waals surface area contributed by atoms with Gasteiger partial charge in [-0.15, -0.1) is 0 Å². The number of nitrogens with one attached hydrogen (secondary N) is 2. The number of H-pyrrole nitrogens is 1. The van der Waals surface area contributed by atoms with Gasteiger partial charge in [0, 0.05) is 36.2 Å². The van der Waals surface area contributed by atoms with Crippen molar-refractivity contribution in [1.82, 2.24) is 15.3 Å². The lowest BCUT2D eigenvalue weighted by molar-refractivity contribution is -0.140. The Morgan fingerprint density at radius 3 is 2.74 bits per heavy atom. The highest BCUT2D eigenvalue weighted by atomic mass is 16.5. The number of carbonyl (C=O) groups is 2. The fraction of sp³-hybridized carbons (Fsp3) is 0.556. The number of aromatic nitrogens is 2. The molecule has 1 atom stereocenters. The van der Waals surface area contributed by atoms with Gasteiger partial charge in [-0.3, -0.25) is 14.6 Å². The van der Waals surface area contributed by atoms with Crippen molar-refractivity contribution in [3.05, 3.63) is 62.3 Å². The summed E-state index contributed by atoms with van der Waals surface area (Å²) >= 11 is 0. The predicted molar refractivity (Wildman–Crippen MR) is 132 cm³/mol. The number of carboxylic acid groups (broad SMARTS) is 1. The van der Waals surface area contributed by atoms with Crippen LogP contribution in [0.3, 0.4) is 0 Å². The van der Waals surface area contributed by atoms with Gasteiger partial charge in [0.1, 0.15) is 6.04 Å². The SMILES string of the molecule is Cc1cc(=O)[nH]c(C)c1C(=O)NC(CCOC1CC(CCc2ccc3c(n2)CCCC3)C1)C(=O)O. The van der Waals surface area contributed by atoms with Crippen LogP contribution in [0.5, 0.6) is 0 Å². The Balaban J connectivity index is 1.18. The minimum atomic E-state index is -1.11. The Morgan fingerprint density at radius 2 is 2.00 bits per heavy atom. The molecule has 0 radical (unpaired) electrons. The number of nitrogens with zero attached hydrogens (tertiary/aromatic N) is 1. The summed E-state index contributed by atoms with van der Waals surface area (Å²) in [5.41, 5.74) is 4.81. The molecule has 2 aliphatic rings. The van der Waals surface area contributed by atoms with Crippen LogP contribution in [-0.2, 0) is 28.8 Å². The van der Waals surface area contributed by atoms with Crippen molar-refractivity contribution in [3.8, 4) is 0 Å². The maximum absolute atomic E-state index is 12.6. The summed E-state index contributed by atoms with van der Waals surface area (Å²) < 4.78 is 5.89. The second-order valence-electron chi connectivity index (χ2n) is 9.95. The molecule has 8 nitrogen and oxygen atoms in total. The summed E-state index contributed by atoms with van der Waals surface area (Å²) in [5, 5.41) is 12.1. The molecule has 4 rings (SSSR count). The zero-order valence-corrected chi connectivity index (χ0v) is 20.6. The number of fused-ring (bicyclic) bond motifs is 1. The highest BCUT2D eigenvalue weighted by Gasteiger charge is 2.30. The summed E-state index contributed by atoms with van der Waals surface area (Å²) in [4.78, 5) is 43.3. The molecule has 0 aliphatic heterocycles.